The van der Waals surface area contributed by atoms with Gasteiger partial charge in [-0.1, -0.05) is 35.5 Å². The topological polar surface area (TPSA) is 85.7 Å². The Morgan fingerprint density at radius 3 is 2.59 bits per heavy atom. The summed E-state index contributed by atoms with van der Waals surface area (Å²) in [6.45, 7) is 8.34. The molecule has 3 rings (SSSR count). The maximum absolute atomic E-state index is 12.4. The first-order valence-electron chi connectivity index (χ1n) is 10.8. The van der Waals surface area contributed by atoms with E-state index in [-0.39, 0.29) is 5.91 Å². The molecule has 0 fully saturated rings. The molecule has 9 heteroatoms. The fourth-order valence-electron chi connectivity index (χ4n) is 3.00. The van der Waals surface area contributed by atoms with Crippen molar-refractivity contribution in [1.29, 1.82) is 0 Å². The van der Waals surface area contributed by atoms with Crippen LogP contribution in [0.2, 0.25) is 5.02 Å². The monoisotopic (exact) mass is 498 g/mol. The minimum atomic E-state index is -0.403. The molecule has 0 saturated carbocycles. The number of amides is 1. The van der Waals surface area contributed by atoms with Gasteiger partial charge in [-0.3, -0.25) is 4.79 Å². The van der Waals surface area contributed by atoms with Crippen LogP contribution in [-0.2, 0) is 11.4 Å². The number of ether oxygens (including phenoxy) is 2. The summed E-state index contributed by atoms with van der Waals surface area (Å²) < 4.78 is 11.6. The maximum Gasteiger partial charge on any atom is 0.253 e. The van der Waals surface area contributed by atoms with Gasteiger partial charge >= 0.3 is 0 Å². The smallest absolute Gasteiger partial charge is 0.253 e. The molecule has 0 bridgehead atoms. The lowest BCUT2D eigenvalue weighted by Gasteiger charge is -2.13. The van der Waals surface area contributed by atoms with Crippen molar-refractivity contribution in [3.05, 3.63) is 76.1 Å². The van der Waals surface area contributed by atoms with E-state index in [1.807, 2.05) is 69.3 Å². The minimum absolute atomic E-state index is 0.240. The molecular formula is C25H27ClN4O3S. The molecular weight excluding hydrogens is 472 g/mol. The summed E-state index contributed by atoms with van der Waals surface area (Å²) in [4.78, 5) is 21.1. The first-order chi connectivity index (χ1) is 16.3. The zero-order valence-corrected chi connectivity index (χ0v) is 21.1. The molecule has 0 unspecified atom stereocenters. The van der Waals surface area contributed by atoms with Crippen LogP contribution in [0.15, 0.2) is 58.8 Å². The Kier molecular flexibility index (Phi) is 9.30. The average Bonchev–Trinajstić information content (AvgIpc) is 2.78. The van der Waals surface area contributed by atoms with E-state index in [0.717, 1.165) is 22.5 Å². The van der Waals surface area contributed by atoms with Crippen LogP contribution in [0.4, 0.5) is 0 Å². The molecule has 0 aliphatic heterocycles. The van der Waals surface area contributed by atoms with Crippen molar-refractivity contribution in [3.63, 3.8) is 0 Å². The number of rotatable bonds is 10. The van der Waals surface area contributed by atoms with Crippen LogP contribution in [0.3, 0.4) is 0 Å². The number of carbonyl (C=O) groups is 1. The lowest BCUT2D eigenvalue weighted by molar-refractivity contribution is -0.120. The van der Waals surface area contributed by atoms with Crippen LogP contribution in [0.1, 0.15) is 36.4 Å². The predicted molar refractivity (Wildman–Crippen MR) is 136 cm³/mol. The third-order valence-electron chi connectivity index (χ3n) is 4.55. The highest BCUT2D eigenvalue weighted by Gasteiger charge is 2.16. The normalized spacial score (nSPS) is 11.9. The van der Waals surface area contributed by atoms with Gasteiger partial charge in [-0.15, -0.1) is 0 Å². The molecule has 1 N–H and O–H groups in total. The van der Waals surface area contributed by atoms with Gasteiger partial charge in [-0.2, -0.15) is 5.10 Å². The maximum atomic E-state index is 12.4. The number of thioether (sulfide) groups is 1. The van der Waals surface area contributed by atoms with Crippen molar-refractivity contribution in [2.24, 2.45) is 5.10 Å². The lowest BCUT2D eigenvalue weighted by Crippen LogP contribution is -2.27. The van der Waals surface area contributed by atoms with Gasteiger partial charge in [0.2, 0.25) is 0 Å². The van der Waals surface area contributed by atoms with Gasteiger partial charge in [0, 0.05) is 16.4 Å². The van der Waals surface area contributed by atoms with Crippen molar-refractivity contribution in [2.75, 3.05) is 6.61 Å². The number of hydrogen-bond acceptors (Lipinski definition) is 7. The van der Waals surface area contributed by atoms with Crippen molar-refractivity contribution in [3.8, 4) is 11.5 Å². The quantitative estimate of drug-likeness (QED) is 0.175. The summed E-state index contributed by atoms with van der Waals surface area (Å²) in [5, 5.41) is 4.91. The lowest BCUT2D eigenvalue weighted by atomic mass is 10.2. The van der Waals surface area contributed by atoms with Crippen LogP contribution in [-0.4, -0.2) is 33.9 Å². The molecule has 178 valence electrons. The van der Waals surface area contributed by atoms with E-state index in [4.69, 9.17) is 21.1 Å². The summed E-state index contributed by atoms with van der Waals surface area (Å²) in [5.74, 6) is 0.965. The Hall–Kier alpha value is -3.10. The van der Waals surface area contributed by atoms with E-state index < -0.39 is 5.25 Å². The Balaban J connectivity index is 1.59. The molecule has 1 heterocycles. The highest BCUT2D eigenvalue weighted by molar-refractivity contribution is 8.00. The predicted octanol–water partition coefficient (Wildman–Crippen LogP) is 5.36. The number of nitrogens with one attached hydrogen (secondary N) is 1. The second-order valence-electron chi connectivity index (χ2n) is 7.49. The number of hydrogen-bond donors (Lipinski definition) is 1. The molecule has 3 aromatic rings. The summed E-state index contributed by atoms with van der Waals surface area (Å²) in [5.41, 5.74) is 6.02. The Bertz CT molecular complexity index is 1150. The first kappa shape index (κ1) is 25.5. The minimum Gasteiger partial charge on any atom is -0.490 e. The second-order valence-corrected chi connectivity index (χ2v) is 9.23. The van der Waals surface area contributed by atoms with Crippen molar-refractivity contribution in [1.82, 2.24) is 15.4 Å². The molecule has 1 aromatic heterocycles. The van der Waals surface area contributed by atoms with Gasteiger partial charge in [-0.05, 0) is 75.2 Å². The van der Waals surface area contributed by atoms with Crippen molar-refractivity contribution in [2.45, 2.75) is 44.7 Å². The molecule has 0 spiro atoms. The Labute approximate surface area is 208 Å². The van der Waals surface area contributed by atoms with Gasteiger partial charge in [0.15, 0.2) is 16.7 Å². The summed E-state index contributed by atoms with van der Waals surface area (Å²) >= 11 is 7.33. The summed E-state index contributed by atoms with van der Waals surface area (Å²) in [7, 11) is 0. The molecule has 0 aliphatic carbocycles. The van der Waals surface area contributed by atoms with E-state index in [2.05, 4.69) is 20.5 Å². The number of aromatic nitrogens is 2. The van der Waals surface area contributed by atoms with Crippen LogP contribution in [0, 0.1) is 13.8 Å². The van der Waals surface area contributed by atoms with Gasteiger partial charge in [0.05, 0.1) is 18.1 Å². The standard InChI is InChI=1S/C25H27ClN4O3S/c1-5-32-23-13-19(9-10-22(23)33-15-20-7-6-8-21(26)12-20)14-27-30-24(31)18(4)34-25-28-16(2)11-17(3)29-25/h6-14,18H,5,15H2,1-4H3,(H,30,31)/b27-14-/t18-/m0/s1. The average molecular weight is 499 g/mol. The molecule has 2 aromatic carbocycles. The molecule has 0 aliphatic rings. The SMILES string of the molecule is CCOc1cc(/C=N\NC(=O)[C@H](C)Sc2nc(C)cc(C)n2)ccc1OCc1cccc(Cl)c1. The van der Waals surface area contributed by atoms with Crippen LogP contribution in [0.25, 0.3) is 0 Å². The number of hydrazone groups is 1. The highest BCUT2D eigenvalue weighted by atomic mass is 35.5. The second kappa shape index (κ2) is 12.4. The van der Waals surface area contributed by atoms with E-state index in [1.54, 1.807) is 13.1 Å². The Morgan fingerprint density at radius 1 is 1.12 bits per heavy atom. The van der Waals surface area contributed by atoms with E-state index >= 15 is 0 Å². The van der Waals surface area contributed by atoms with Gasteiger partial charge in [0.25, 0.3) is 5.91 Å². The van der Waals surface area contributed by atoms with Gasteiger partial charge in [0.1, 0.15) is 6.61 Å². The number of aryl methyl sites for hydroxylation is 2. The number of carbonyl (C=O) groups excluding carboxylic acids is 1. The largest absolute Gasteiger partial charge is 0.490 e. The zero-order valence-electron chi connectivity index (χ0n) is 19.5. The molecule has 1 atom stereocenters. The van der Waals surface area contributed by atoms with Crippen LogP contribution in [0.5, 0.6) is 11.5 Å². The van der Waals surface area contributed by atoms with E-state index in [0.29, 0.717) is 34.9 Å². The van der Waals surface area contributed by atoms with Crippen LogP contribution < -0.4 is 14.9 Å². The summed E-state index contributed by atoms with van der Waals surface area (Å²) in [6, 6.07) is 14.9. The van der Waals surface area contributed by atoms with E-state index in [1.165, 1.54) is 11.8 Å². The highest BCUT2D eigenvalue weighted by Crippen LogP contribution is 2.29. The van der Waals surface area contributed by atoms with Crippen molar-refractivity contribution >= 4 is 35.5 Å². The fourth-order valence-corrected chi connectivity index (χ4v) is 4.08. The molecule has 34 heavy (non-hydrogen) atoms. The molecule has 0 saturated heterocycles. The summed E-state index contributed by atoms with van der Waals surface area (Å²) in [6.07, 6.45) is 1.56. The zero-order chi connectivity index (χ0) is 24.5. The molecule has 1 amide bonds. The number of benzene rings is 2. The fraction of sp³-hybridized carbons (Fsp3) is 0.280. The Morgan fingerprint density at radius 2 is 1.88 bits per heavy atom. The molecule has 7 nitrogen and oxygen atoms in total. The van der Waals surface area contributed by atoms with Crippen molar-refractivity contribution < 1.29 is 14.3 Å². The number of halogens is 1. The first-order valence-corrected chi connectivity index (χ1v) is 12.1. The third-order valence-corrected chi connectivity index (χ3v) is 5.75. The van der Waals surface area contributed by atoms with Gasteiger partial charge in [-0.25, -0.2) is 15.4 Å². The number of nitrogens with zero attached hydrogens (tertiary/aromatic N) is 3. The van der Waals surface area contributed by atoms with Gasteiger partial charge < -0.3 is 9.47 Å². The molecule has 0 radical (unpaired) electrons. The van der Waals surface area contributed by atoms with E-state index in [9.17, 15) is 4.79 Å². The van der Waals surface area contributed by atoms with Crippen LogP contribution >= 0.6 is 23.4 Å². The third kappa shape index (κ3) is 7.74.